The molecular weight excluding hydrogens is 256 g/mol. The average Bonchev–Trinajstić information content (AvgIpc) is 2.89. The molecule has 2 aliphatic carbocycles. The third-order valence-corrected chi connectivity index (χ3v) is 6.07. The molecule has 0 atom stereocenters. The SMILES string of the molecule is CSC1(CNCC(=O)NC2CCCCC2)CCCC1. The van der Waals surface area contributed by atoms with E-state index in [0.29, 0.717) is 17.3 Å². The maximum absolute atomic E-state index is 11.9. The molecule has 19 heavy (non-hydrogen) atoms. The summed E-state index contributed by atoms with van der Waals surface area (Å²) in [6.07, 6.45) is 13.7. The lowest BCUT2D eigenvalue weighted by atomic mass is 9.95. The molecule has 0 saturated heterocycles. The highest BCUT2D eigenvalue weighted by Crippen LogP contribution is 2.39. The zero-order chi connectivity index (χ0) is 13.6. The number of carbonyl (C=O) groups is 1. The molecular formula is C15H28N2OS. The Balaban J connectivity index is 1.63. The summed E-state index contributed by atoms with van der Waals surface area (Å²) in [5.41, 5.74) is 0. The molecule has 3 nitrogen and oxygen atoms in total. The summed E-state index contributed by atoms with van der Waals surface area (Å²) in [6.45, 7) is 1.46. The first-order valence-corrected chi connectivity index (χ1v) is 9.02. The molecule has 1 amide bonds. The predicted molar refractivity (Wildman–Crippen MR) is 82.6 cm³/mol. The first-order valence-electron chi connectivity index (χ1n) is 7.79. The van der Waals surface area contributed by atoms with E-state index in [0.717, 1.165) is 6.54 Å². The summed E-state index contributed by atoms with van der Waals surface area (Å²) in [7, 11) is 0. The fraction of sp³-hybridized carbons (Fsp3) is 0.933. The van der Waals surface area contributed by atoms with Gasteiger partial charge in [0, 0.05) is 17.3 Å². The topological polar surface area (TPSA) is 41.1 Å². The third-order valence-electron chi connectivity index (χ3n) is 4.65. The van der Waals surface area contributed by atoms with Crippen LogP contribution < -0.4 is 10.6 Å². The van der Waals surface area contributed by atoms with Gasteiger partial charge in [-0.1, -0.05) is 32.1 Å². The molecule has 0 radical (unpaired) electrons. The van der Waals surface area contributed by atoms with Crippen LogP contribution >= 0.6 is 11.8 Å². The van der Waals surface area contributed by atoms with Gasteiger partial charge in [0.1, 0.15) is 0 Å². The minimum absolute atomic E-state index is 0.182. The molecule has 110 valence electrons. The molecule has 0 heterocycles. The maximum Gasteiger partial charge on any atom is 0.234 e. The van der Waals surface area contributed by atoms with Crippen molar-refractivity contribution in [3.8, 4) is 0 Å². The van der Waals surface area contributed by atoms with Crippen LogP contribution in [0.2, 0.25) is 0 Å². The first kappa shape index (κ1) is 15.2. The van der Waals surface area contributed by atoms with Crippen molar-refractivity contribution < 1.29 is 4.79 Å². The van der Waals surface area contributed by atoms with E-state index in [9.17, 15) is 4.79 Å². The van der Waals surface area contributed by atoms with Crippen LogP contribution in [0.3, 0.4) is 0 Å². The van der Waals surface area contributed by atoms with Gasteiger partial charge in [-0.2, -0.15) is 11.8 Å². The summed E-state index contributed by atoms with van der Waals surface area (Å²) >= 11 is 1.97. The van der Waals surface area contributed by atoms with E-state index < -0.39 is 0 Å². The summed E-state index contributed by atoms with van der Waals surface area (Å²) in [5.74, 6) is 0.182. The summed E-state index contributed by atoms with van der Waals surface area (Å²) in [5, 5.41) is 6.54. The fourth-order valence-corrected chi connectivity index (χ4v) is 4.35. The molecule has 2 fully saturated rings. The largest absolute Gasteiger partial charge is 0.352 e. The Morgan fingerprint density at radius 3 is 2.47 bits per heavy atom. The van der Waals surface area contributed by atoms with Crippen LogP contribution in [-0.4, -0.2) is 36.0 Å². The van der Waals surface area contributed by atoms with E-state index in [2.05, 4.69) is 16.9 Å². The highest BCUT2D eigenvalue weighted by Gasteiger charge is 2.32. The van der Waals surface area contributed by atoms with Crippen molar-refractivity contribution in [1.82, 2.24) is 10.6 Å². The van der Waals surface area contributed by atoms with Gasteiger partial charge in [0.15, 0.2) is 0 Å². The van der Waals surface area contributed by atoms with Crippen LogP contribution in [0, 0.1) is 0 Å². The second-order valence-corrected chi connectivity index (χ2v) is 7.37. The van der Waals surface area contributed by atoms with Crippen molar-refractivity contribution >= 4 is 17.7 Å². The van der Waals surface area contributed by atoms with E-state index in [-0.39, 0.29) is 5.91 Å². The number of rotatable bonds is 6. The number of thioether (sulfide) groups is 1. The molecule has 0 aromatic heterocycles. The van der Waals surface area contributed by atoms with Gasteiger partial charge < -0.3 is 10.6 Å². The van der Waals surface area contributed by atoms with E-state index >= 15 is 0 Å². The van der Waals surface area contributed by atoms with E-state index in [1.54, 1.807) is 0 Å². The molecule has 2 saturated carbocycles. The van der Waals surface area contributed by atoms with Crippen LogP contribution in [0.5, 0.6) is 0 Å². The summed E-state index contributed by atoms with van der Waals surface area (Å²) in [6, 6.07) is 0.434. The van der Waals surface area contributed by atoms with Crippen molar-refractivity contribution in [2.75, 3.05) is 19.3 Å². The number of hydrogen-bond acceptors (Lipinski definition) is 3. The van der Waals surface area contributed by atoms with Crippen molar-refractivity contribution in [1.29, 1.82) is 0 Å². The Morgan fingerprint density at radius 2 is 1.84 bits per heavy atom. The van der Waals surface area contributed by atoms with Gasteiger partial charge in [0.25, 0.3) is 0 Å². The number of nitrogens with one attached hydrogen (secondary N) is 2. The standard InChI is InChI=1S/C15H28N2OS/c1-19-15(9-5-6-10-15)12-16-11-14(18)17-13-7-3-2-4-8-13/h13,16H,2-12H2,1H3,(H,17,18). The second-order valence-electron chi connectivity index (χ2n) is 6.10. The Hall–Kier alpha value is -0.220. The molecule has 2 N–H and O–H groups in total. The van der Waals surface area contributed by atoms with Crippen molar-refractivity contribution in [2.24, 2.45) is 0 Å². The zero-order valence-electron chi connectivity index (χ0n) is 12.2. The highest BCUT2D eigenvalue weighted by molar-refractivity contribution is 8.00. The third kappa shape index (κ3) is 4.67. The lowest BCUT2D eigenvalue weighted by Gasteiger charge is -2.27. The van der Waals surface area contributed by atoms with Crippen molar-refractivity contribution in [3.63, 3.8) is 0 Å². The smallest absolute Gasteiger partial charge is 0.234 e. The fourth-order valence-electron chi connectivity index (χ4n) is 3.40. The van der Waals surface area contributed by atoms with Crippen LogP contribution in [-0.2, 0) is 4.79 Å². The van der Waals surface area contributed by atoms with Crippen LogP contribution in [0.15, 0.2) is 0 Å². The lowest BCUT2D eigenvalue weighted by molar-refractivity contribution is -0.121. The predicted octanol–water partition coefficient (Wildman–Crippen LogP) is 2.70. The van der Waals surface area contributed by atoms with Crippen LogP contribution in [0.1, 0.15) is 57.8 Å². The normalized spacial score (nSPS) is 23.4. The molecule has 0 spiro atoms. The minimum Gasteiger partial charge on any atom is -0.352 e. The van der Waals surface area contributed by atoms with Gasteiger partial charge in [0.2, 0.25) is 5.91 Å². The highest BCUT2D eigenvalue weighted by atomic mass is 32.2. The molecule has 0 bridgehead atoms. The molecule has 2 aliphatic rings. The van der Waals surface area contributed by atoms with Gasteiger partial charge in [-0.3, -0.25) is 4.79 Å². The van der Waals surface area contributed by atoms with Gasteiger partial charge >= 0.3 is 0 Å². The van der Waals surface area contributed by atoms with Gasteiger partial charge in [-0.25, -0.2) is 0 Å². The van der Waals surface area contributed by atoms with Gasteiger partial charge in [0.05, 0.1) is 6.54 Å². The maximum atomic E-state index is 11.9. The zero-order valence-corrected chi connectivity index (χ0v) is 13.0. The molecule has 0 aromatic rings. The number of amides is 1. The van der Waals surface area contributed by atoms with Crippen LogP contribution in [0.4, 0.5) is 0 Å². The summed E-state index contributed by atoms with van der Waals surface area (Å²) < 4.78 is 0.394. The minimum atomic E-state index is 0.182. The first-order chi connectivity index (χ1) is 9.24. The van der Waals surface area contributed by atoms with Gasteiger partial charge in [-0.05, 0) is 31.9 Å². The van der Waals surface area contributed by atoms with Crippen LogP contribution in [0.25, 0.3) is 0 Å². The Morgan fingerprint density at radius 1 is 1.16 bits per heavy atom. The molecule has 0 aliphatic heterocycles. The van der Waals surface area contributed by atoms with E-state index in [1.165, 1.54) is 57.8 Å². The van der Waals surface area contributed by atoms with Gasteiger partial charge in [-0.15, -0.1) is 0 Å². The molecule has 0 aromatic carbocycles. The van der Waals surface area contributed by atoms with Crippen molar-refractivity contribution in [2.45, 2.75) is 68.6 Å². The number of carbonyl (C=O) groups excluding carboxylic acids is 1. The number of hydrogen-bond donors (Lipinski definition) is 2. The summed E-state index contributed by atoms with van der Waals surface area (Å²) in [4.78, 5) is 11.9. The second kappa shape index (κ2) is 7.53. The Kier molecular flexibility index (Phi) is 6.02. The lowest BCUT2D eigenvalue weighted by Crippen LogP contribution is -2.44. The molecule has 2 rings (SSSR count). The van der Waals surface area contributed by atoms with E-state index in [1.807, 2.05) is 11.8 Å². The quantitative estimate of drug-likeness (QED) is 0.788. The molecule has 0 unspecified atom stereocenters. The Labute approximate surface area is 121 Å². The monoisotopic (exact) mass is 284 g/mol. The molecule has 4 heteroatoms. The van der Waals surface area contributed by atoms with Crippen molar-refractivity contribution in [3.05, 3.63) is 0 Å². The average molecular weight is 284 g/mol. The van der Waals surface area contributed by atoms with E-state index in [4.69, 9.17) is 0 Å². The Bertz CT molecular complexity index is 284.